The summed E-state index contributed by atoms with van der Waals surface area (Å²) < 4.78 is 14.5. The highest BCUT2D eigenvalue weighted by molar-refractivity contribution is 6.31. The molecule has 0 radical (unpaired) electrons. The summed E-state index contributed by atoms with van der Waals surface area (Å²) >= 11 is 5.97. The molecule has 1 aromatic heterocycles. The predicted molar refractivity (Wildman–Crippen MR) is 102 cm³/mol. The number of nitrogens with one attached hydrogen (secondary N) is 1. The molecular weight excluding hydrogens is 369 g/mol. The highest BCUT2D eigenvalue weighted by atomic mass is 35.5. The molecule has 27 heavy (non-hydrogen) atoms. The van der Waals surface area contributed by atoms with Crippen molar-refractivity contribution in [2.45, 2.75) is 58.0 Å². The van der Waals surface area contributed by atoms with Crippen molar-refractivity contribution in [1.29, 1.82) is 0 Å². The first-order chi connectivity index (χ1) is 12.9. The molecule has 5 nitrogen and oxygen atoms in total. The molecule has 0 saturated carbocycles. The largest absolute Gasteiger partial charge is 0.351 e. The van der Waals surface area contributed by atoms with Gasteiger partial charge in [0.25, 0.3) is 5.56 Å². The minimum atomic E-state index is -0.439. The van der Waals surface area contributed by atoms with E-state index in [4.69, 9.17) is 11.6 Å². The predicted octanol–water partition coefficient (Wildman–Crippen LogP) is 3.05. The van der Waals surface area contributed by atoms with Gasteiger partial charge in [-0.05, 0) is 55.9 Å². The van der Waals surface area contributed by atoms with Crippen LogP contribution in [0.1, 0.15) is 43.0 Å². The molecule has 144 valence electrons. The van der Waals surface area contributed by atoms with Gasteiger partial charge in [-0.25, -0.2) is 9.07 Å². The zero-order valence-electron chi connectivity index (χ0n) is 15.3. The molecule has 0 unspecified atom stereocenters. The summed E-state index contributed by atoms with van der Waals surface area (Å²) in [6, 6.07) is 5.37. The van der Waals surface area contributed by atoms with Gasteiger partial charge < -0.3 is 5.32 Å². The molecule has 0 aliphatic heterocycles. The van der Waals surface area contributed by atoms with Crippen molar-refractivity contribution in [3.05, 3.63) is 62.3 Å². The third-order valence-corrected chi connectivity index (χ3v) is 5.10. The number of aromatic nitrogens is 2. The Kier molecular flexibility index (Phi) is 6.26. The van der Waals surface area contributed by atoms with Crippen LogP contribution in [0.2, 0.25) is 5.02 Å². The first-order valence-corrected chi connectivity index (χ1v) is 9.63. The van der Waals surface area contributed by atoms with E-state index in [0.29, 0.717) is 12.1 Å². The first kappa shape index (κ1) is 19.5. The van der Waals surface area contributed by atoms with Crippen LogP contribution in [0.15, 0.2) is 29.1 Å². The van der Waals surface area contributed by atoms with Crippen molar-refractivity contribution in [1.82, 2.24) is 15.1 Å². The van der Waals surface area contributed by atoms with E-state index in [1.807, 2.05) is 6.92 Å². The van der Waals surface area contributed by atoms with Crippen molar-refractivity contribution in [2.75, 3.05) is 0 Å². The Morgan fingerprint density at radius 2 is 2.07 bits per heavy atom. The summed E-state index contributed by atoms with van der Waals surface area (Å²) in [4.78, 5) is 24.6. The maximum absolute atomic E-state index is 13.1. The Balaban J connectivity index is 1.63. The zero-order valence-corrected chi connectivity index (χ0v) is 16.1. The van der Waals surface area contributed by atoms with Gasteiger partial charge in [-0.3, -0.25) is 9.59 Å². The number of aryl methyl sites for hydroxylation is 2. The summed E-state index contributed by atoms with van der Waals surface area (Å²) in [5, 5.41) is 7.59. The molecule has 1 atom stereocenters. The molecule has 1 N–H and O–H groups in total. The van der Waals surface area contributed by atoms with Crippen molar-refractivity contribution in [3.8, 4) is 0 Å². The van der Waals surface area contributed by atoms with Gasteiger partial charge in [0.05, 0.1) is 18.7 Å². The SMILES string of the molecule is C[C@@H](Cn1nc2c(cc1=O)CCCCC2)NC(=O)Cc1ccc(F)cc1Cl. The number of fused-ring (bicyclic) bond motifs is 1. The Bertz CT molecular complexity index is 897. The minimum absolute atomic E-state index is 0.0516. The van der Waals surface area contributed by atoms with Crippen molar-refractivity contribution in [3.63, 3.8) is 0 Å². The van der Waals surface area contributed by atoms with E-state index in [9.17, 15) is 14.0 Å². The standard InChI is InChI=1S/C20H23ClFN3O2/c1-13(23-19(26)9-14-7-8-16(22)11-17(14)21)12-25-20(27)10-15-5-3-2-4-6-18(15)24-25/h7-8,10-11,13H,2-6,9,12H2,1H3,(H,23,26)/t13-/m0/s1. The summed E-state index contributed by atoms with van der Waals surface area (Å²) in [7, 11) is 0. The van der Waals surface area contributed by atoms with Crippen LogP contribution in [0, 0.1) is 5.82 Å². The molecule has 0 bridgehead atoms. The van der Waals surface area contributed by atoms with Gasteiger partial charge in [0.1, 0.15) is 5.82 Å². The quantitative estimate of drug-likeness (QED) is 0.797. The number of hydrogen-bond acceptors (Lipinski definition) is 3. The second-order valence-electron chi connectivity index (χ2n) is 7.08. The van der Waals surface area contributed by atoms with Gasteiger partial charge in [-0.2, -0.15) is 5.10 Å². The molecule has 1 heterocycles. The summed E-state index contributed by atoms with van der Waals surface area (Å²) in [5.74, 6) is -0.676. The molecule has 1 aromatic carbocycles. The van der Waals surface area contributed by atoms with Crippen LogP contribution in [0.25, 0.3) is 0 Å². The summed E-state index contributed by atoms with van der Waals surface area (Å²) in [5.41, 5.74) is 2.46. The Labute approximate surface area is 162 Å². The highest BCUT2D eigenvalue weighted by Crippen LogP contribution is 2.18. The fourth-order valence-corrected chi connectivity index (χ4v) is 3.61. The average Bonchev–Trinajstić information content (AvgIpc) is 2.82. The molecule has 0 saturated heterocycles. The van der Waals surface area contributed by atoms with Gasteiger partial charge in [-0.15, -0.1) is 0 Å². The highest BCUT2D eigenvalue weighted by Gasteiger charge is 2.15. The molecule has 0 spiro atoms. The molecule has 1 aliphatic rings. The Hall–Kier alpha value is -2.21. The maximum atomic E-state index is 13.1. The lowest BCUT2D eigenvalue weighted by Crippen LogP contribution is -2.40. The van der Waals surface area contributed by atoms with E-state index in [0.717, 1.165) is 43.4 Å². The number of carbonyl (C=O) groups is 1. The van der Waals surface area contributed by atoms with Crippen LogP contribution < -0.4 is 10.9 Å². The second kappa shape index (κ2) is 8.65. The summed E-state index contributed by atoms with van der Waals surface area (Å²) in [6.45, 7) is 2.12. The number of amides is 1. The Morgan fingerprint density at radius 3 is 2.85 bits per heavy atom. The van der Waals surface area contributed by atoms with Crippen LogP contribution in [-0.4, -0.2) is 21.7 Å². The monoisotopic (exact) mass is 391 g/mol. The van der Waals surface area contributed by atoms with E-state index in [1.165, 1.54) is 22.9 Å². The fraction of sp³-hybridized carbons (Fsp3) is 0.450. The van der Waals surface area contributed by atoms with E-state index < -0.39 is 5.82 Å². The first-order valence-electron chi connectivity index (χ1n) is 9.25. The van der Waals surface area contributed by atoms with E-state index >= 15 is 0 Å². The van der Waals surface area contributed by atoms with Gasteiger partial charge >= 0.3 is 0 Å². The average molecular weight is 392 g/mol. The second-order valence-corrected chi connectivity index (χ2v) is 7.49. The van der Waals surface area contributed by atoms with Gasteiger partial charge in [0, 0.05) is 17.1 Å². The van der Waals surface area contributed by atoms with Crippen LogP contribution in [0.3, 0.4) is 0 Å². The number of halogens is 2. The summed E-state index contributed by atoms with van der Waals surface area (Å²) in [6.07, 6.45) is 5.18. The molecule has 0 fully saturated rings. The molecule has 1 aliphatic carbocycles. The van der Waals surface area contributed by atoms with E-state index in [2.05, 4.69) is 10.4 Å². The maximum Gasteiger partial charge on any atom is 0.267 e. The molecule has 1 amide bonds. The van der Waals surface area contributed by atoms with Crippen LogP contribution in [0.5, 0.6) is 0 Å². The van der Waals surface area contributed by atoms with E-state index in [1.54, 1.807) is 6.07 Å². The van der Waals surface area contributed by atoms with Crippen LogP contribution >= 0.6 is 11.6 Å². The molecule has 7 heteroatoms. The van der Waals surface area contributed by atoms with Crippen LogP contribution in [0.4, 0.5) is 4.39 Å². The van der Waals surface area contributed by atoms with Crippen molar-refractivity contribution in [2.24, 2.45) is 0 Å². The van der Waals surface area contributed by atoms with Gasteiger partial charge in [0.15, 0.2) is 0 Å². The van der Waals surface area contributed by atoms with Crippen molar-refractivity contribution < 1.29 is 9.18 Å². The number of hydrogen-bond donors (Lipinski definition) is 1. The van der Waals surface area contributed by atoms with Crippen LogP contribution in [-0.2, 0) is 30.6 Å². The lowest BCUT2D eigenvalue weighted by Gasteiger charge is -2.16. The Morgan fingerprint density at radius 1 is 1.30 bits per heavy atom. The fourth-order valence-electron chi connectivity index (χ4n) is 3.38. The topological polar surface area (TPSA) is 64.0 Å². The molecule has 3 rings (SSSR count). The zero-order chi connectivity index (χ0) is 19.4. The smallest absolute Gasteiger partial charge is 0.267 e. The van der Waals surface area contributed by atoms with Gasteiger partial charge in [-0.1, -0.05) is 24.1 Å². The third-order valence-electron chi connectivity index (χ3n) is 4.74. The molecular formula is C20H23ClFN3O2. The number of nitrogens with zero attached hydrogens (tertiary/aromatic N) is 2. The normalized spacial score (nSPS) is 14.9. The number of benzene rings is 1. The molecule has 2 aromatic rings. The lowest BCUT2D eigenvalue weighted by molar-refractivity contribution is -0.121. The number of rotatable bonds is 5. The lowest BCUT2D eigenvalue weighted by atomic mass is 10.1. The van der Waals surface area contributed by atoms with Gasteiger partial charge in [0.2, 0.25) is 5.91 Å². The minimum Gasteiger partial charge on any atom is -0.351 e. The van der Waals surface area contributed by atoms with Crippen molar-refractivity contribution >= 4 is 17.5 Å². The third kappa shape index (κ3) is 5.16. The van der Waals surface area contributed by atoms with E-state index in [-0.39, 0.29) is 29.0 Å². The number of carbonyl (C=O) groups excluding carboxylic acids is 1.